The third-order valence-electron chi connectivity index (χ3n) is 2.40. The topological polar surface area (TPSA) is 65.5 Å². The summed E-state index contributed by atoms with van der Waals surface area (Å²) < 4.78 is 1.88. The first-order valence-electron chi connectivity index (χ1n) is 4.57. The number of nitrogens with one attached hydrogen (secondary N) is 1. The highest BCUT2D eigenvalue weighted by Crippen LogP contribution is 2.18. The smallest absolute Gasteiger partial charge is 0.276 e. The molecule has 0 aliphatic carbocycles. The largest absolute Gasteiger partial charge is 0.288 e. The van der Waals surface area contributed by atoms with Crippen molar-refractivity contribution in [3.05, 3.63) is 29.1 Å². The highest BCUT2D eigenvalue weighted by Gasteiger charge is 2.16. The molecule has 0 unspecified atom stereocenters. The molecule has 1 aromatic heterocycles. The fraction of sp³-hybridized carbons (Fsp3) is 0.333. The number of carbonyl (C=O) groups excluding carboxylic acids is 1. The van der Waals surface area contributed by atoms with Crippen LogP contribution in [0.5, 0.6) is 0 Å². The number of thiol groups is 1. The van der Waals surface area contributed by atoms with Gasteiger partial charge in [-0.1, -0.05) is 12.8 Å². The lowest BCUT2D eigenvalue weighted by Gasteiger charge is -2.22. The van der Waals surface area contributed by atoms with E-state index in [4.69, 9.17) is 5.21 Å². The number of rotatable bonds is 1. The molecule has 0 atom stereocenters. The number of fused-ring (bicyclic) bond motifs is 1. The predicted octanol–water partition coefficient (Wildman–Crippen LogP) is 0.404. The molecule has 80 valence electrons. The summed E-state index contributed by atoms with van der Waals surface area (Å²) in [7, 11) is 0. The molecule has 2 N–H and O–H groups in total. The van der Waals surface area contributed by atoms with Gasteiger partial charge in [-0.2, -0.15) is 0 Å². The van der Waals surface area contributed by atoms with Gasteiger partial charge >= 0.3 is 0 Å². The van der Waals surface area contributed by atoms with Gasteiger partial charge in [0.15, 0.2) is 0 Å². The highest BCUT2D eigenvalue weighted by atomic mass is 32.1. The fourth-order valence-electron chi connectivity index (χ4n) is 1.59. The summed E-state index contributed by atoms with van der Waals surface area (Å²) in [6.45, 7) is 1.52. The van der Waals surface area contributed by atoms with Crippen LogP contribution in [-0.4, -0.2) is 26.9 Å². The van der Waals surface area contributed by atoms with Crippen LogP contribution in [-0.2, 0) is 13.0 Å². The number of pyridine rings is 1. The van der Waals surface area contributed by atoms with Crippen molar-refractivity contribution in [2.75, 3.05) is 6.54 Å². The van der Waals surface area contributed by atoms with E-state index in [9.17, 15) is 4.79 Å². The second-order valence-electron chi connectivity index (χ2n) is 3.41. The summed E-state index contributed by atoms with van der Waals surface area (Å²) in [5.41, 5.74) is 3.95. The van der Waals surface area contributed by atoms with Gasteiger partial charge in [0.25, 0.3) is 5.91 Å². The predicted molar refractivity (Wildman–Crippen MR) is 56.6 cm³/mol. The monoisotopic (exact) mass is 225 g/mol. The molecule has 2 rings (SSSR count). The van der Waals surface area contributed by atoms with Crippen molar-refractivity contribution in [1.82, 2.24) is 14.8 Å². The van der Waals surface area contributed by atoms with Crippen molar-refractivity contribution in [2.45, 2.75) is 13.0 Å². The number of carbonyl (C=O) groups is 1. The van der Waals surface area contributed by atoms with Crippen LogP contribution >= 0.6 is 12.8 Å². The Kier molecular flexibility index (Phi) is 2.90. The first-order chi connectivity index (χ1) is 7.20. The van der Waals surface area contributed by atoms with Crippen molar-refractivity contribution >= 4 is 18.7 Å². The highest BCUT2D eigenvalue weighted by molar-refractivity contribution is 7.77. The molecule has 0 saturated carbocycles. The Morgan fingerprint density at radius 2 is 2.47 bits per heavy atom. The molecule has 0 saturated heterocycles. The van der Waals surface area contributed by atoms with E-state index in [0.29, 0.717) is 12.1 Å². The maximum absolute atomic E-state index is 11.1. The number of aromatic nitrogens is 1. The lowest BCUT2D eigenvalue weighted by molar-refractivity contribution is 0.0705. The summed E-state index contributed by atoms with van der Waals surface area (Å²) in [6.07, 6.45) is 2.27. The van der Waals surface area contributed by atoms with Gasteiger partial charge in [-0.05, 0) is 18.1 Å². The molecule has 0 bridgehead atoms. The number of hydrogen-bond donors (Lipinski definition) is 3. The minimum Gasteiger partial charge on any atom is -0.288 e. The Balaban J connectivity index is 2.30. The van der Waals surface area contributed by atoms with Crippen molar-refractivity contribution in [1.29, 1.82) is 0 Å². The molecule has 0 spiro atoms. The van der Waals surface area contributed by atoms with Crippen molar-refractivity contribution in [3.63, 3.8) is 0 Å². The number of hydroxylamine groups is 1. The fourth-order valence-corrected chi connectivity index (χ4v) is 1.82. The lowest BCUT2D eigenvalue weighted by atomic mass is 10.0. The van der Waals surface area contributed by atoms with Gasteiger partial charge in [0.05, 0.1) is 17.8 Å². The van der Waals surface area contributed by atoms with E-state index >= 15 is 0 Å². The van der Waals surface area contributed by atoms with Crippen LogP contribution in [0, 0.1) is 0 Å². The number of amides is 1. The van der Waals surface area contributed by atoms with E-state index in [1.165, 1.54) is 6.20 Å². The second kappa shape index (κ2) is 4.18. The van der Waals surface area contributed by atoms with Gasteiger partial charge < -0.3 is 0 Å². The summed E-state index contributed by atoms with van der Waals surface area (Å²) in [5.74, 6) is -0.529. The minimum atomic E-state index is -0.529. The Morgan fingerprint density at radius 3 is 3.20 bits per heavy atom. The summed E-state index contributed by atoms with van der Waals surface area (Å²) in [5, 5.41) is 8.49. The molecule has 1 amide bonds. The molecule has 6 heteroatoms. The molecule has 1 aromatic rings. The quantitative estimate of drug-likeness (QED) is 0.368. The molecule has 0 radical (unpaired) electrons. The maximum atomic E-state index is 11.1. The first-order valence-corrected chi connectivity index (χ1v) is 4.97. The van der Waals surface area contributed by atoms with Gasteiger partial charge in [0.1, 0.15) is 0 Å². The van der Waals surface area contributed by atoms with E-state index in [0.717, 1.165) is 24.2 Å². The summed E-state index contributed by atoms with van der Waals surface area (Å²) >= 11 is 4.24. The van der Waals surface area contributed by atoms with Gasteiger partial charge in [0, 0.05) is 12.7 Å². The van der Waals surface area contributed by atoms with E-state index < -0.39 is 5.91 Å². The third-order valence-corrected chi connectivity index (χ3v) is 2.74. The Bertz CT molecular complexity index is 397. The van der Waals surface area contributed by atoms with Crippen LogP contribution in [0.1, 0.15) is 21.6 Å². The van der Waals surface area contributed by atoms with Gasteiger partial charge in [-0.15, -0.1) is 0 Å². The van der Waals surface area contributed by atoms with Crippen LogP contribution < -0.4 is 5.48 Å². The SMILES string of the molecule is O=C(NO)c1cnc2c(c1)CCN(S)C2. The molecule has 1 aliphatic rings. The molecular weight excluding hydrogens is 214 g/mol. The zero-order valence-corrected chi connectivity index (χ0v) is 8.87. The number of nitrogens with zero attached hydrogens (tertiary/aromatic N) is 2. The average molecular weight is 225 g/mol. The standard InChI is InChI=1S/C9H11N3O2S/c13-9(11-14)7-3-6-1-2-12(15)5-8(6)10-4-7/h3-4,14-15H,1-2,5H2,(H,11,13). The average Bonchev–Trinajstić information content (AvgIpc) is 2.27. The van der Waals surface area contributed by atoms with Crippen LogP contribution in [0.25, 0.3) is 0 Å². The molecule has 0 fully saturated rings. The Labute approximate surface area is 92.6 Å². The van der Waals surface area contributed by atoms with Crippen molar-refractivity contribution < 1.29 is 10.0 Å². The minimum absolute atomic E-state index is 0.379. The molecule has 15 heavy (non-hydrogen) atoms. The normalized spacial score (nSPS) is 15.9. The van der Waals surface area contributed by atoms with E-state index in [1.54, 1.807) is 11.5 Å². The van der Waals surface area contributed by atoms with E-state index in [1.807, 2.05) is 4.31 Å². The third kappa shape index (κ3) is 2.11. The number of hydrogen-bond acceptors (Lipinski definition) is 5. The molecule has 2 heterocycles. The van der Waals surface area contributed by atoms with E-state index in [-0.39, 0.29) is 0 Å². The summed E-state index contributed by atoms with van der Waals surface area (Å²) in [4.78, 5) is 15.3. The van der Waals surface area contributed by atoms with Crippen LogP contribution in [0.3, 0.4) is 0 Å². The molecular formula is C9H11N3O2S. The van der Waals surface area contributed by atoms with E-state index in [2.05, 4.69) is 17.8 Å². The molecule has 5 nitrogen and oxygen atoms in total. The van der Waals surface area contributed by atoms with Gasteiger partial charge in [-0.3, -0.25) is 15.0 Å². The van der Waals surface area contributed by atoms with Gasteiger partial charge in [-0.25, -0.2) is 9.79 Å². The van der Waals surface area contributed by atoms with Gasteiger partial charge in [0.2, 0.25) is 0 Å². The maximum Gasteiger partial charge on any atom is 0.276 e. The summed E-state index contributed by atoms with van der Waals surface area (Å²) in [6, 6.07) is 1.76. The second-order valence-corrected chi connectivity index (χ2v) is 3.97. The lowest BCUT2D eigenvalue weighted by Crippen LogP contribution is -2.25. The Morgan fingerprint density at radius 1 is 1.67 bits per heavy atom. The van der Waals surface area contributed by atoms with Crippen LogP contribution in [0.15, 0.2) is 12.3 Å². The first kappa shape index (κ1) is 10.4. The molecule has 0 aromatic carbocycles. The molecule has 1 aliphatic heterocycles. The van der Waals surface area contributed by atoms with Crippen LogP contribution in [0.4, 0.5) is 0 Å². The van der Waals surface area contributed by atoms with Crippen molar-refractivity contribution in [2.24, 2.45) is 0 Å². The zero-order valence-electron chi connectivity index (χ0n) is 7.97. The van der Waals surface area contributed by atoms with Crippen LogP contribution in [0.2, 0.25) is 0 Å². The Hall–Kier alpha value is -1.11. The zero-order chi connectivity index (χ0) is 10.8. The van der Waals surface area contributed by atoms with Crippen molar-refractivity contribution in [3.8, 4) is 0 Å².